The van der Waals surface area contributed by atoms with Crippen LogP contribution in [0.25, 0.3) is 0 Å². The number of hydrogen-bond donors (Lipinski definition) is 1. The Labute approximate surface area is 94.6 Å². The molecule has 0 saturated carbocycles. The van der Waals surface area contributed by atoms with E-state index in [1.165, 1.54) is 24.2 Å². The van der Waals surface area contributed by atoms with E-state index >= 15 is 0 Å². The van der Waals surface area contributed by atoms with E-state index in [0.29, 0.717) is 13.0 Å². The van der Waals surface area contributed by atoms with Crippen molar-refractivity contribution in [1.29, 1.82) is 0 Å². The normalized spacial score (nSPS) is 10.1. The summed E-state index contributed by atoms with van der Waals surface area (Å²) in [5.74, 6) is -0.236. The zero-order chi connectivity index (χ0) is 11.8. The Kier molecular flexibility index (Phi) is 4.79. The van der Waals surface area contributed by atoms with Crippen LogP contribution < -0.4 is 5.32 Å². The number of amides is 2. The Hall–Kier alpha value is -2.10. The van der Waals surface area contributed by atoms with Crippen molar-refractivity contribution in [1.82, 2.24) is 10.2 Å². The van der Waals surface area contributed by atoms with Crippen LogP contribution in [-0.4, -0.2) is 24.3 Å². The first-order valence-corrected chi connectivity index (χ1v) is 4.91. The van der Waals surface area contributed by atoms with Crippen LogP contribution in [-0.2, 0) is 16.1 Å². The van der Waals surface area contributed by atoms with Crippen molar-refractivity contribution in [3.05, 3.63) is 48.2 Å². The maximum absolute atomic E-state index is 10.9. The minimum Gasteiger partial charge on any atom is -0.356 e. The summed E-state index contributed by atoms with van der Waals surface area (Å²) in [7, 11) is 1.54. The predicted octanol–water partition coefficient (Wildman–Crippen LogP) is 0.905. The van der Waals surface area contributed by atoms with E-state index in [9.17, 15) is 9.59 Å². The highest BCUT2D eigenvalue weighted by molar-refractivity contribution is 5.87. The zero-order valence-electron chi connectivity index (χ0n) is 9.09. The molecule has 0 radical (unpaired) electrons. The zero-order valence-corrected chi connectivity index (χ0v) is 9.09. The largest absolute Gasteiger partial charge is 0.356 e. The highest BCUT2D eigenvalue weighted by atomic mass is 16.1. The lowest BCUT2D eigenvalue weighted by molar-refractivity contribution is -0.116. The average molecular weight is 218 g/mol. The van der Waals surface area contributed by atoms with Gasteiger partial charge in [0.1, 0.15) is 0 Å². The van der Waals surface area contributed by atoms with Crippen LogP contribution in [0, 0.1) is 0 Å². The van der Waals surface area contributed by atoms with Crippen LogP contribution in [0.15, 0.2) is 42.6 Å². The summed E-state index contributed by atoms with van der Waals surface area (Å²) in [6, 6.07) is 9.56. The molecule has 4 nitrogen and oxygen atoms in total. The standard InChI is InChI=1S/C12H14N2O2/c1-13-12(16)7-8-14(10-15)9-11-5-3-2-4-6-11/h2-8,10H,9H2,1H3,(H,13,16)/b8-7-. The second-order valence-corrected chi connectivity index (χ2v) is 3.19. The maximum Gasteiger partial charge on any atom is 0.245 e. The fraction of sp³-hybridized carbons (Fsp3) is 0.167. The molecule has 1 N–H and O–H groups in total. The molecule has 16 heavy (non-hydrogen) atoms. The SMILES string of the molecule is CNC(=O)/C=C\N(C=O)Cc1ccccc1. The highest BCUT2D eigenvalue weighted by Gasteiger charge is 1.99. The quantitative estimate of drug-likeness (QED) is 0.589. The molecule has 0 heterocycles. The molecule has 0 spiro atoms. The minimum absolute atomic E-state index is 0.236. The van der Waals surface area contributed by atoms with E-state index < -0.39 is 0 Å². The first-order valence-electron chi connectivity index (χ1n) is 4.91. The molecule has 0 aliphatic carbocycles. The molecule has 0 aromatic heterocycles. The Morgan fingerprint density at radius 2 is 2.06 bits per heavy atom. The van der Waals surface area contributed by atoms with Crippen LogP contribution in [0.2, 0.25) is 0 Å². The van der Waals surface area contributed by atoms with Gasteiger partial charge < -0.3 is 10.2 Å². The molecule has 2 amide bonds. The third-order valence-electron chi connectivity index (χ3n) is 2.01. The molecular formula is C12H14N2O2. The second-order valence-electron chi connectivity index (χ2n) is 3.19. The van der Waals surface area contributed by atoms with Gasteiger partial charge in [-0.25, -0.2) is 0 Å². The van der Waals surface area contributed by atoms with E-state index in [2.05, 4.69) is 5.32 Å². The van der Waals surface area contributed by atoms with Crippen molar-refractivity contribution in [2.75, 3.05) is 7.05 Å². The van der Waals surface area contributed by atoms with Gasteiger partial charge in [0.15, 0.2) is 0 Å². The van der Waals surface area contributed by atoms with Crippen molar-refractivity contribution >= 4 is 12.3 Å². The summed E-state index contributed by atoms with van der Waals surface area (Å²) in [5, 5.41) is 2.44. The molecule has 1 aromatic carbocycles. The molecule has 0 aliphatic rings. The van der Waals surface area contributed by atoms with Crippen LogP contribution in [0.1, 0.15) is 5.56 Å². The van der Waals surface area contributed by atoms with Crippen LogP contribution in [0.3, 0.4) is 0 Å². The van der Waals surface area contributed by atoms with Gasteiger partial charge in [0.05, 0.1) is 0 Å². The smallest absolute Gasteiger partial charge is 0.245 e. The Balaban J connectivity index is 2.59. The molecule has 1 rings (SSSR count). The molecule has 1 aromatic rings. The average Bonchev–Trinajstić information content (AvgIpc) is 2.35. The first-order chi connectivity index (χ1) is 7.76. The van der Waals surface area contributed by atoms with E-state index in [0.717, 1.165) is 5.56 Å². The third-order valence-corrected chi connectivity index (χ3v) is 2.01. The summed E-state index contributed by atoms with van der Waals surface area (Å²) in [6.45, 7) is 0.456. The fourth-order valence-electron chi connectivity index (χ4n) is 1.17. The maximum atomic E-state index is 10.9. The second kappa shape index (κ2) is 6.40. The van der Waals surface area contributed by atoms with Crippen molar-refractivity contribution in [3.63, 3.8) is 0 Å². The Bertz CT molecular complexity index is 374. The number of benzene rings is 1. The summed E-state index contributed by atoms with van der Waals surface area (Å²) in [4.78, 5) is 23.1. The van der Waals surface area contributed by atoms with Crippen molar-refractivity contribution < 1.29 is 9.59 Å². The number of rotatable bonds is 5. The lowest BCUT2D eigenvalue weighted by Gasteiger charge is -2.11. The number of carbonyl (C=O) groups excluding carboxylic acids is 2. The summed E-state index contributed by atoms with van der Waals surface area (Å²) in [5.41, 5.74) is 1.01. The fourth-order valence-corrected chi connectivity index (χ4v) is 1.17. The number of nitrogens with one attached hydrogen (secondary N) is 1. The van der Waals surface area contributed by atoms with Gasteiger partial charge in [0.25, 0.3) is 0 Å². The summed E-state index contributed by atoms with van der Waals surface area (Å²) >= 11 is 0. The van der Waals surface area contributed by atoms with Gasteiger partial charge in [-0.2, -0.15) is 0 Å². The molecule has 0 bridgehead atoms. The molecule has 84 valence electrons. The summed E-state index contributed by atoms with van der Waals surface area (Å²) in [6.07, 6.45) is 3.46. The monoisotopic (exact) mass is 218 g/mol. The molecule has 0 aliphatic heterocycles. The lowest BCUT2D eigenvalue weighted by Crippen LogP contribution is -2.18. The van der Waals surface area contributed by atoms with E-state index in [1.807, 2.05) is 30.3 Å². The van der Waals surface area contributed by atoms with Crippen LogP contribution in [0.4, 0.5) is 0 Å². The third kappa shape index (κ3) is 3.96. The first kappa shape index (κ1) is 12.0. The summed E-state index contributed by atoms with van der Waals surface area (Å²) < 4.78 is 0. The van der Waals surface area contributed by atoms with Gasteiger partial charge in [-0.3, -0.25) is 9.59 Å². The van der Waals surface area contributed by atoms with Gasteiger partial charge >= 0.3 is 0 Å². The molecular weight excluding hydrogens is 204 g/mol. The van der Waals surface area contributed by atoms with E-state index in [-0.39, 0.29) is 5.91 Å². The van der Waals surface area contributed by atoms with Gasteiger partial charge in [-0.15, -0.1) is 0 Å². The van der Waals surface area contributed by atoms with Gasteiger partial charge in [0.2, 0.25) is 12.3 Å². The molecule has 0 atom stereocenters. The van der Waals surface area contributed by atoms with Gasteiger partial charge in [-0.05, 0) is 5.56 Å². The minimum atomic E-state index is -0.236. The Morgan fingerprint density at radius 3 is 2.62 bits per heavy atom. The van der Waals surface area contributed by atoms with Crippen molar-refractivity contribution in [2.24, 2.45) is 0 Å². The highest BCUT2D eigenvalue weighted by Crippen LogP contribution is 2.02. The number of carbonyl (C=O) groups is 2. The molecule has 0 unspecified atom stereocenters. The topological polar surface area (TPSA) is 49.4 Å². The number of likely N-dealkylation sites (N-methyl/N-ethyl adjacent to an activating group) is 1. The lowest BCUT2D eigenvalue weighted by atomic mass is 10.2. The predicted molar refractivity (Wildman–Crippen MR) is 61.3 cm³/mol. The van der Waals surface area contributed by atoms with Crippen molar-refractivity contribution in [3.8, 4) is 0 Å². The Morgan fingerprint density at radius 1 is 1.38 bits per heavy atom. The van der Waals surface area contributed by atoms with Gasteiger partial charge in [-0.1, -0.05) is 30.3 Å². The van der Waals surface area contributed by atoms with Crippen LogP contribution in [0.5, 0.6) is 0 Å². The molecule has 0 fully saturated rings. The number of hydrogen-bond acceptors (Lipinski definition) is 2. The van der Waals surface area contributed by atoms with E-state index in [1.54, 1.807) is 0 Å². The molecule has 0 saturated heterocycles. The van der Waals surface area contributed by atoms with Crippen molar-refractivity contribution in [2.45, 2.75) is 6.54 Å². The van der Waals surface area contributed by atoms with E-state index in [4.69, 9.17) is 0 Å². The number of nitrogens with zero attached hydrogens (tertiary/aromatic N) is 1. The van der Waals surface area contributed by atoms with Gasteiger partial charge in [0, 0.05) is 25.9 Å². The molecule has 4 heteroatoms. The van der Waals surface area contributed by atoms with Crippen LogP contribution >= 0.6 is 0 Å².